The van der Waals surface area contributed by atoms with Crippen molar-refractivity contribution in [1.29, 1.82) is 0 Å². The van der Waals surface area contributed by atoms with E-state index < -0.39 is 5.54 Å². The van der Waals surface area contributed by atoms with Crippen LogP contribution in [0, 0.1) is 0 Å². The lowest BCUT2D eigenvalue weighted by molar-refractivity contribution is -0.130. The Bertz CT molecular complexity index is 455. The van der Waals surface area contributed by atoms with Gasteiger partial charge in [0, 0.05) is 18.1 Å². The van der Waals surface area contributed by atoms with Crippen molar-refractivity contribution >= 4 is 23.6 Å². The first-order chi connectivity index (χ1) is 8.36. The van der Waals surface area contributed by atoms with Crippen LogP contribution in [-0.2, 0) is 4.79 Å². The van der Waals surface area contributed by atoms with Gasteiger partial charge in [-0.25, -0.2) is 0 Å². The minimum absolute atomic E-state index is 0.0831. The highest BCUT2D eigenvalue weighted by Gasteiger charge is 2.25. The summed E-state index contributed by atoms with van der Waals surface area (Å²) in [5.74, 6) is -0.158. The van der Waals surface area contributed by atoms with Crippen LogP contribution in [-0.4, -0.2) is 35.1 Å². The van der Waals surface area contributed by atoms with Gasteiger partial charge in [-0.1, -0.05) is 23.7 Å². The molecule has 0 fully saturated rings. The molecule has 0 radical (unpaired) electrons. The van der Waals surface area contributed by atoms with Crippen molar-refractivity contribution in [3.8, 4) is 0 Å². The number of aliphatic hydroxyl groups excluding tert-OH is 1. The van der Waals surface area contributed by atoms with Crippen molar-refractivity contribution < 1.29 is 9.90 Å². The van der Waals surface area contributed by atoms with Crippen LogP contribution in [0.1, 0.15) is 19.4 Å². The van der Waals surface area contributed by atoms with Gasteiger partial charge >= 0.3 is 0 Å². The molecule has 0 atom stereocenters. The van der Waals surface area contributed by atoms with Gasteiger partial charge in [-0.2, -0.15) is 0 Å². The van der Waals surface area contributed by atoms with Gasteiger partial charge in [0.25, 0.3) is 0 Å². The Balaban J connectivity index is 2.76. The lowest BCUT2D eigenvalue weighted by Gasteiger charge is -2.33. The zero-order valence-electron chi connectivity index (χ0n) is 10.9. The van der Waals surface area contributed by atoms with Crippen molar-refractivity contribution in [2.24, 2.45) is 0 Å². The SMILES string of the molecule is CN(C(=O)/C=C/c1cccc(Cl)c1)C(C)(C)CO. The van der Waals surface area contributed by atoms with Crippen LogP contribution in [0.15, 0.2) is 30.3 Å². The summed E-state index contributed by atoms with van der Waals surface area (Å²) in [5.41, 5.74) is 0.293. The average molecular weight is 268 g/mol. The highest BCUT2D eigenvalue weighted by Crippen LogP contribution is 2.14. The quantitative estimate of drug-likeness (QED) is 0.852. The molecule has 0 aliphatic carbocycles. The molecule has 0 spiro atoms. The predicted octanol–water partition coefficient (Wildman–Crippen LogP) is 2.58. The summed E-state index contributed by atoms with van der Waals surface area (Å²) in [5, 5.41) is 9.83. The van der Waals surface area contributed by atoms with Crippen molar-refractivity contribution in [3.63, 3.8) is 0 Å². The second-order valence-corrected chi connectivity index (χ2v) is 5.19. The van der Waals surface area contributed by atoms with Gasteiger partial charge in [0.2, 0.25) is 5.91 Å². The molecule has 0 aromatic heterocycles. The predicted molar refractivity (Wildman–Crippen MR) is 74.4 cm³/mol. The first-order valence-electron chi connectivity index (χ1n) is 5.69. The first kappa shape index (κ1) is 14.7. The highest BCUT2D eigenvalue weighted by molar-refractivity contribution is 6.30. The maximum atomic E-state index is 11.9. The molecule has 1 aromatic carbocycles. The number of rotatable bonds is 4. The number of likely N-dealkylation sites (N-methyl/N-ethyl adjacent to an activating group) is 1. The van der Waals surface area contributed by atoms with Gasteiger partial charge in [-0.05, 0) is 37.6 Å². The Labute approximate surface area is 113 Å². The third-order valence-electron chi connectivity index (χ3n) is 2.89. The Morgan fingerprint density at radius 1 is 1.50 bits per heavy atom. The van der Waals surface area contributed by atoms with Crippen LogP contribution >= 0.6 is 11.6 Å². The normalized spacial score (nSPS) is 11.8. The summed E-state index contributed by atoms with van der Waals surface area (Å²) in [4.78, 5) is 13.4. The highest BCUT2D eigenvalue weighted by atomic mass is 35.5. The van der Waals surface area contributed by atoms with Crippen molar-refractivity contribution in [3.05, 3.63) is 40.9 Å². The molecule has 0 aliphatic heterocycles. The van der Waals surface area contributed by atoms with Crippen LogP contribution in [0.3, 0.4) is 0 Å². The van der Waals surface area contributed by atoms with E-state index in [1.165, 1.54) is 11.0 Å². The number of halogens is 1. The molecular weight excluding hydrogens is 250 g/mol. The number of hydrogen-bond acceptors (Lipinski definition) is 2. The molecule has 0 aliphatic rings. The van der Waals surface area contributed by atoms with E-state index in [2.05, 4.69) is 0 Å². The van der Waals surface area contributed by atoms with E-state index in [0.29, 0.717) is 5.02 Å². The molecule has 1 rings (SSSR count). The summed E-state index contributed by atoms with van der Waals surface area (Å²) in [6.45, 7) is 3.52. The Kier molecular flexibility index (Phi) is 4.93. The average Bonchev–Trinajstić information content (AvgIpc) is 2.35. The molecule has 4 heteroatoms. The number of amides is 1. The van der Waals surface area contributed by atoms with E-state index in [1.807, 2.05) is 12.1 Å². The minimum atomic E-state index is -0.574. The second kappa shape index (κ2) is 6.03. The summed E-state index contributed by atoms with van der Waals surface area (Å²) >= 11 is 5.86. The zero-order chi connectivity index (χ0) is 13.8. The molecule has 3 nitrogen and oxygen atoms in total. The fourth-order valence-corrected chi connectivity index (χ4v) is 1.49. The first-order valence-corrected chi connectivity index (χ1v) is 6.07. The smallest absolute Gasteiger partial charge is 0.246 e. The van der Waals surface area contributed by atoms with Crippen LogP contribution in [0.25, 0.3) is 6.08 Å². The number of nitrogens with zero attached hydrogens (tertiary/aromatic N) is 1. The zero-order valence-corrected chi connectivity index (χ0v) is 11.6. The summed E-state index contributed by atoms with van der Waals surface area (Å²) < 4.78 is 0. The number of carbonyl (C=O) groups excluding carboxylic acids is 1. The molecule has 1 N–H and O–H groups in total. The third kappa shape index (κ3) is 3.86. The fraction of sp³-hybridized carbons (Fsp3) is 0.357. The van der Waals surface area contributed by atoms with Gasteiger partial charge in [0.1, 0.15) is 0 Å². The molecule has 0 unspecified atom stereocenters. The Morgan fingerprint density at radius 2 is 2.17 bits per heavy atom. The van der Waals surface area contributed by atoms with E-state index in [1.54, 1.807) is 39.1 Å². The second-order valence-electron chi connectivity index (χ2n) is 4.76. The summed E-state index contributed by atoms with van der Waals surface area (Å²) in [7, 11) is 1.67. The van der Waals surface area contributed by atoms with Crippen LogP contribution < -0.4 is 0 Å². The summed E-state index contributed by atoms with van der Waals surface area (Å²) in [6, 6.07) is 7.25. The maximum absolute atomic E-state index is 11.9. The standard InChI is InChI=1S/C14H18ClNO2/c1-14(2,10-17)16(3)13(18)8-7-11-5-4-6-12(15)9-11/h4-9,17H,10H2,1-3H3/b8-7+. The van der Waals surface area contributed by atoms with E-state index in [9.17, 15) is 9.90 Å². The molecule has 1 aromatic rings. The van der Waals surface area contributed by atoms with E-state index in [0.717, 1.165) is 5.56 Å². The van der Waals surface area contributed by atoms with Gasteiger partial charge < -0.3 is 10.0 Å². The molecule has 18 heavy (non-hydrogen) atoms. The van der Waals surface area contributed by atoms with Gasteiger partial charge in [-0.15, -0.1) is 0 Å². The largest absolute Gasteiger partial charge is 0.394 e. The van der Waals surface area contributed by atoms with Gasteiger partial charge in [0.15, 0.2) is 0 Å². The minimum Gasteiger partial charge on any atom is -0.394 e. The molecule has 0 heterocycles. The van der Waals surface area contributed by atoms with Crippen LogP contribution in [0.5, 0.6) is 0 Å². The number of carbonyl (C=O) groups is 1. The third-order valence-corrected chi connectivity index (χ3v) is 3.13. The monoisotopic (exact) mass is 267 g/mol. The van der Waals surface area contributed by atoms with E-state index >= 15 is 0 Å². The number of aliphatic hydroxyl groups is 1. The Morgan fingerprint density at radius 3 is 2.72 bits per heavy atom. The van der Waals surface area contributed by atoms with Crippen molar-refractivity contribution in [2.45, 2.75) is 19.4 Å². The lowest BCUT2D eigenvalue weighted by Crippen LogP contribution is -2.47. The number of benzene rings is 1. The van der Waals surface area contributed by atoms with Gasteiger partial charge in [-0.3, -0.25) is 4.79 Å². The molecule has 1 amide bonds. The fourth-order valence-electron chi connectivity index (χ4n) is 1.29. The summed E-state index contributed by atoms with van der Waals surface area (Å²) in [6.07, 6.45) is 3.18. The molecule has 98 valence electrons. The maximum Gasteiger partial charge on any atom is 0.246 e. The van der Waals surface area contributed by atoms with Crippen LogP contribution in [0.4, 0.5) is 0 Å². The molecule has 0 bridgehead atoms. The topological polar surface area (TPSA) is 40.5 Å². The van der Waals surface area contributed by atoms with Crippen molar-refractivity contribution in [2.75, 3.05) is 13.7 Å². The van der Waals surface area contributed by atoms with E-state index in [-0.39, 0.29) is 12.5 Å². The van der Waals surface area contributed by atoms with Crippen LogP contribution in [0.2, 0.25) is 5.02 Å². The lowest BCUT2D eigenvalue weighted by atomic mass is 10.1. The number of hydrogen-bond donors (Lipinski definition) is 1. The van der Waals surface area contributed by atoms with Gasteiger partial charge in [0.05, 0.1) is 12.1 Å². The van der Waals surface area contributed by atoms with Crippen molar-refractivity contribution in [1.82, 2.24) is 4.90 Å². The molecular formula is C14H18ClNO2. The molecule has 0 saturated heterocycles. The Hall–Kier alpha value is -1.32. The molecule has 0 saturated carbocycles. The van der Waals surface area contributed by atoms with E-state index in [4.69, 9.17) is 11.6 Å².